The molecule has 1 aliphatic rings. The second-order valence-electron chi connectivity index (χ2n) is 4.59. The molecule has 1 aliphatic heterocycles. The van der Waals surface area contributed by atoms with Crippen LogP contribution in [0, 0.1) is 0 Å². The summed E-state index contributed by atoms with van der Waals surface area (Å²) in [6.45, 7) is 1.13. The van der Waals surface area contributed by atoms with Crippen molar-refractivity contribution in [1.29, 1.82) is 0 Å². The molecule has 1 heterocycles. The van der Waals surface area contributed by atoms with E-state index in [4.69, 9.17) is 5.11 Å². The molecular weight excluding hydrogens is 216 g/mol. The fraction of sp³-hybridized carbons (Fsp3) is 0.462. The van der Waals surface area contributed by atoms with Gasteiger partial charge in [-0.3, -0.25) is 4.79 Å². The van der Waals surface area contributed by atoms with Gasteiger partial charge in [0.2, 0.25) is 0 Å². The van der Waals surface area contributed by atoms with Crippen molar-refractivity contribution in [3.63, 3.8) is 0 Å². The van der Waals surface area contributed by atoms with E-state index in [1.54, 1.807) is 4.90 Å². The van der Waals surface area contributed by atoms with E-state index < -0.39 is 5.97 Å². The summed E-state index contributed by atoms with van der Waals surface area (Å²) in [4.78, 5) is 14.7. The molecule has 0 spiro atoms. The standard InChI is InChI=1S/C13H18N2O2/c1-14-7-3-4-10-8-11(5-6-12(10)14)15(2)9-13(16)17/h5-6,8H,3-4,7,9H2,1-2H3,(H,16,17). The zero-order valence-electron chi connectivity index (χ0n) is 10.3. The molecule has 1 N–H and O–H groups in total. The van der Waals surface area contributed by atoms with E-state index in [0.29, 0.717) is 0 Å². The van der Waals surface area contributed by atoms with Gasteiger partial charge in [-0.1, -0.05) is 0 Å². The predicted octanol–water partition coefficient (Wildman–Crippen LogP) is 1.59. The lowest BCUT2D eigenvalue weighted by atomic mass is 10.0. The first-order valence-corrected chi connectivity index (χ1v) is 5.85. The number of rotatable bonds is 3. The van der Waals surface area contributed by atoms with E-state index in [9.17, 15) is 4.79 Å². The molecule has 0 unspecified atom stereocenters. The van der Waals surface area contributed by atoms with Crippen LogP contribution in [0.5, 0.6) is 0 Å². The summed E-state index contributed by atoms with van der Waals surface area (Å²) in [6, 6.07) is 6.18. The molecule has 17 heavy (non-hydrogen) atoms. The van der Waals surface area contributed by atoms with Gasteiger partial charge >= 0.3 is 5.97 Å². The Hall–Kier alpha value is -1.71. The van der Waals surface area contributed by atoms with E-state index >= 15 is 0 Å². The number of benzene rings is 1. The molecule has 92 valence electrons. The fourth-order valence-corrected chi connectivity index (χ4v) is 2.30. The molecule has 0 saturated carbocycles. The Labute approximate surface area is 101 Å². The van der Waals surface area contributed by atoms with Crippen LogP contribution < -0.4 is 9.80 Å². The zero-order valence-corrected chi connectivity index (χ0v) is 10.3. The molecule has 0 atom stereocenters. The number of likely N-dealkylation sites (N-methyl/N-ethyl adjacent to an activating group) is 1. The predicted molar refractivity (Wildman–Crippen MR) is 68.9 cm³/mol. The first-order chi connectivity index (χ1) is 8.08. The lowest BCUT2D eigenvalue weighted by molar-refractivity contribution is -0.135. The Morgan fingerprint density at radius 1 is 1.53 bits per heavy atom. The van der Waals surface area contributed by atoms with Crippen molar-refractivity contribution in [3.8, 4) is 0 Å². The van der Waals surface area contributed by atoms with Crippen LogP contribution in [-0.4, -0.2) is 38.3 Å². The zero-order chi connectivity index (χ0) is 12.4. The highest BCUT2D eigenvalue weighted by Gasteiger charge is 2.15. The van der Waals surface area contributed by atoms with Crippen molar-refractivity contribution in [2.75, 3.05) is 37.0 Å². The largest absolute Gasteiger partial charge is 0.480 e. The number of carboxylic acids is 1. The molecule has 0 fully saturated rings. The molecule has 1 aromatic carbocycles. The summed E-state index contributed by atoms with van der Waals surface area (Å²) in [5.74, 6) is -0.803. The number of fused-ring (bicyclic) bond motifs is 1. The molecular formula is C13H18N2O2. The minimum atomic E-state index is -0.803. The van der Waals surface area contributed by atoms with Gasteiger partial charge in [-0.2, -0.15) is 0 Å². The first-order valence-electron chi connectivity index (χ1n) is 5.85. The Morgan fingerprint density at radius 3 is 3.00 bits per heavy atom. The molecule has 0 saturated heterocycles. The van der Waals surface area contributed by atoms with Crippen molar-refractivity contribution in [1.82, 2.24) is 0 Å². The maximum atomic E-state index is 10.7. The monoisotopic (exact) mass is 234 g/mol. The van der Waals surface area contributed by atoms with Crippen LogP contribution in [0.25, 0.3) is 0 Å². The van der Waals surface area contributed by atoms with Gasteiger partial charge in [-0.15, -0.1) is 0 Å². The Kier molecular flexibility index (Phi) is 3.22. The number of hydrogen-bond acceptors (Lipinski definition) is 3. The topological polar surface area (TPSA) is 43.8 Å². The highest BCUT2D eigenvalue weighted by Crippen LogP contribution is 2.29. The van der Waals surface area contributed by atoms with Crippen LogP contribution >= 0.6 is 0 Å². The summed E-state index contributed by atoms with van der Waals surface area (Å²) in [5, 5.41) is 8.78. The first kappa shape index (κ1) is 11.8. The van der Waals surface area contributed by atoms with Crippen LogP contribution in [0.2, 0.25) is 0 Å². The number of hydrogen-bond donors (Lipinski definition) is 1. The Bertz CT molecular complexity index is 431. The average molecular weight is 234 g/mol. The van der Waals surface area contributed by atoms with Gasteiger partial charge in [0, 0.05) is 32.0 Å². The fourth-order valence-electron chi connectivity index (χ4n) is 2.30. The van der Waals surface area contributed by atoms with E-state index in [2.05, 4.69) is 24.1 Å². The van der Waals surface area contributed by atoms with Crippen LogP contribution in [0.1, 0.15) is 12.0 Å². The smallest absolute Gasteiger partial charge is 0.323 e. The summed E-state index contributed by atoms with van der Waals surface area (Å²) in [6.07, 6.45) is 2.24. The number of anilines is 2. The third kappa shape index (κ3) is 2.52. The SMILES string of the molecule is CN(CC(=O)O)c1ccc2c(c1)CCCN2C. The van der Waals surface area contributed by atoms with Gasteiger partial charge in [0.25, 0.3) is 0 Å². The van der Waals surface area contributed by atoms with E-state index in [0.717, 1.165) is 25.1 Å². The van der Waals surface area contributed by atoms with Gasteiger partial charge in [0.05, 0.1) is 0 Å². The summed E-state index contributed by atoms with van der Waals surface area (Å²) in [5.41, 5.74) is 3.55. The van der Waals surface area contributed by atoms with Gasteiger partial charge in [0.1, 0.15) is 6.54 Å². The van der Waals surface area contributed by atoms with Crippen LogP contribution in [0.15, 0.2) is 18.2 Å². The molecule has 0 aliphatic carbocycles. The average Bonchev–Trinajstić information content (AvgIpc) is 2.28. The van der Waals surface area contributed by atoms with Crippen LogP contribution in [0.3, 0.4) is 0 Å². The number of nitrogens with zero attached hydrogens (tertiary/aromatic N) is 2. The number of aliphatic carboxylic acids is 1. The van der Waals surface area contributed by atoms with Crippen molar-refractivity contribution < 1.29 is 9.90 Å². The lowest BCUT2D eigenvalue weighted by Gasteiger charge is -2.29. The van der Waals surface area contributed by atoms with Gasteiger partial charge in [-0.05, 0) is 36.6 Å². The van der Waals surface area contributed by atoms with E-state index in [1.807, 2.05) is 13.1 Å². The number of carboxylic acid groups (broad SMARTS) is 1. The molecule has 4 nitrogen and oxygen atoms in total. The number of carbonyl (C=O) groups is 1. The normalized spacial score (nSPS) is 14.4. The Morgan fingerprint density at radius 2 is 2.29 bits per heavy atom. The highest BCUT2D eigenvalue weighted by atomic mass is 16.4. The van der Waals surface area contributed by atoms with Crippen LogP contribution in [-0.2, 0) is 11.2 Å². The molecule has 2 rings (SSSR count). The van der Waals surface area contributed by atoms with Gasteiger partial charge in [-0.25, -0.2) is 0 Å². The summed E-state index contributed by atoms with van der Waals surface area (Å²) < 4.78 is 0. The molecule has 0 radical (unpaired) electrons. The molecule has 4 heteroatoms. The van der Waals surface area contributed by atoms with Crippen molar-refractivity contribution in [2.45, 2.75) is 12.8 Å². The second-order valence-corrected chi connectivity index (χ2v) is 4.59. The lowest BCUT2D eigenvalue weighted by Crippen LogP contribution is -2.27. The van der Waals surface area contributed by atoms with Gasteiger partial charge < -0.3 is 14.9 Å². The van der Waals surface area contributed by atoms with E-state index in [1.165, 1.54) is 11.3 Å². The highest BCUT2D eigenvalue weighted by molar-refractivity contribution is 5.74. The third-order valence-corrected chi connectivity index (χ3v) is 3.23. The van der Waals surface area contributed by atoms with E-state index in [-0.39, 0.29) is 6.54 Å². The minimum absolute atomic E-state index is 0.0363. The van der Waals surface area contributed by atoms with Crippen LogP contribution in [0.4, 0.5) is 11.4 Å². The molecule has 0 bridgehead atoms. The molecule has 0 aromatic heterocycles. The molecule has 1 aromatic rings. The van der Waals surface area contributed by atoms with Gasteiger partial charge in [0.15, 0.2) is 0 Å². The summed E-state index contributed by atoms with van der Waals surface area (Å²) >= 11 is 0. The van der Waals surface area contributed by atoms with Crippen molar-refractivity contribution >= 4 is 17.3 Å². The maximum Gasteiger partial charge on any atom is 0.323 e. The van der Waals surface area contributed by atoms with Crippen molar-refractivity contribution in [2.24, 2.45) is 0 Å². The minimum Gasteiger partial charge on any atom is -0.480 e. The summed E-state index contributed by atoms with van der Waals surface area (Å²) in [7, 11) is 3.90. The third-order valence-electron chi connectivity index (χ3n) is 3.23. The second kappa shape index (κ2) is 4.65. The maximum absolute atomic E-state index is 10.7. The number of aryl methyl sites for hydroxylation is 1. The van der Waals surface area contributed by atoms with Crippen molar-refractivity contribution in [3.05, 3.63) is 23.8 Å². The quantitative estimate of drug-likeness (QED) is 0.862. The molecule has 0 amide bonds. The Balaban J connectivity index is 2.24.